The molecule has 2 heteroatoms. The molecule has 0 spiro atoms. The molecule has 0 amide bonds. The first-order valence-corrected chi connectivity index (χ1v) is 6.98. The maximum absolute atomic E-state index is 3.46. The van der Waals surface area contributed by atoms with Crippen molar-refractivity contribution in [3.8, 4) is 0 Å². The number of hydrogen-bond donors (Lipinski definition) is 1. The van der Waals surface area contributed by atoms with E-state index in [1.807, 2.05) is 0 Å². The fraction of sp³-hybridized carbons (Fsp3) is 1.00. The predicted molar refractivity (Wildman–Crippen MR) is 69.6 cm³/mol. The van der Waals surface area contributed by atoms with Gasteiger partial charge >= 0.3 is 0 Å². The molecule has 0 radical (unpaired) electrons. The molecule has 0 aromatic heterocycles. The van der Waals surface area contributed by atoms with Crippen LogP contribution in [0.4, 0.5) is 0 Å². The van der Waals surface area contributed by atoms with E-state index in [0.29, 0.717) is 5.41 Å². The lowest BCUT2D eigenvalue weighted by Gasteiger charge is -2.43. The van der Waals surface area contributed by atoms with Crippen LogP contribution >= 0.6 is 0 Å². The zero-order valence-corrected chi connectivity index (χ0v) is 11.3. The third-order valence-electron chi connectivity index (χ3n) is 4.10. The van der Waals surface area contributed by atoms with Crippen LogP contribution in [0.2, 0.25) is 0 Å². The van der Waals surface area contributed by atoms with Crippen molar-refractivity contribution in [2.45, 2.75) is 40.0 Å². The number of rotatable bonds is 2. The minimum Gasteiger partial charge on any atom is -0.317 e. The van der Waals surface area contributed by atoms with Crippen LogP contribution < -0.4 is 5.32 Å². The van der Waals surface area contributed by atoms with E-state index in [1.54, 1.807) is 0 Å². The van der Waals surface area contributed by atoms with E-state index in [0.717, 1.165) is 11.8 Å². The Hall–Kier alpha value is -0.0800. The number of hydrogen-bond acceptors (Lipinski definition) is 2. The second-order valence-corrected chi connectivity index (χ2v) is 6.86. The summed E-state index contributed by atoms with van der Waals surface area (Å²) in [7, 11) is 0. The van der Waals surface area contributed by atoms with Gasteiger partial charge in [-0.05, 0) is 49.6 Å². The van der Waals surface area contributed by atoms with Crippen LogP contribution in [0, 0.1) is 17.3 Å². The highest BCUT2D eigenvalue weighted by Crippen LogP contribution is 2.32. The first-order chi connectivity index (χ1) is 7.55. The summed E-state index contributed by atoms with van der Waals surface area (Å²) in [5, 5.41) is 3.46. The van der Waals surface area contributed by atoms with Crippen molar-refractivity contribution in [1.29, 1.82) is 0 Å². The highest BCUT2D eigenvalue weighted by molar-refractivity contribution is 4.84. The Kier molecular flexibility index (Phi) is 3.91. The summed E-state index contributed by atoms with van der Waals surface area (Å²) < 4.78 is 0. The maximum Gasteiger partial charge on any atom is 0.00330 e. The first-order valence-electron chi connectivity index (χ1n) is 6.98. The van der Waals surface area contributed by atoms with Crippen molar-refractivity contribution >= 4 is 0 Å². The minimum absolute atomic E-state index is 0.532. The van der Waals surface area contributed by atoms with Gasteiger partial charge in [-0.25, -0.2) is 0 Å². The van der Waals surface area contributed by atoms with Gasteiger partial charge in [-0.3, -0.25) is 0 Å². The lowest BCUT2D eigenvalue weighted by Crippen LogP contribution is -2.46. The van der Waals surface area contributed by atoms with E-state index in [9.17, 15) is 0 Å². The lowest BCUT2D eigenvalue weighted by molar-refractivity contribution is 0.0628. The number of nitrogens with one attached hydrogen (secondary N) is 1. The zero-order valence-electron chi connectivity index (χ0n) is 11.3. The highest BCUT2D eigenvalue weighted by atomic mass is 15.1. The van der Waals surface area contributed by atoms with Crippen molar-refractivity contribution in [2.75, 3.05) is 32.7 Å². The molecular weight excluding hydrogens is 196 g/mol. The third kappa shape index (κ3) is 3.46. The van der Waals surface area contributed by atoms with Crippen LogP contribution in [-0.4, -0.2) is 37.6 Å². The van der Waals surface area contributed by atoms with Crippen molar-refractivity contribution in [3.05, 3.63) is 0 Å². The quantitative estimate of drug-likeness (QED) is 0.774. The Bertz CT molecular complexity index is 219. The van der Waals surface area contributed by atoms with Crippen molar-refractivity contribution in [3.63, 3.8) is 0 Å². The molecular formula is C14H28N2. The maximum atomic E-state index is 3.46. The molecule has 2 fully saturated rings. The van der Waals surface area contributed by atoms with Crippen molar-refractivity contribution < 1.29 is 0 Å². The molecule has 2 nitrogen and oxygen atoms in total. The van der Waals surface area contributed by atoms with E-state index in [2.05, 4.69) is 31.0 Å². The van der Waals surface area contributed by atoms with Gasteiger partial charge in [-0.15, -0.1) is 0 Å². The topological polar surface area (TPSA) is 15.3 Å². The SMILES string of the molecule is CC1CN(CC2CCNCC2)CC(C)(C)C1. The highest BCUT2D eigenvalue weighted by Gasteiger charge is 2.31. The molecule has 0 saturated carbocycles. The van der Waals surface area contributed by atoms with Crippen LogP contribution in [0.3, 0.4) is 0 Å². The van der Waals surface area contributed by atoms with E-state index in [-0.39, 0.29) is 0 Å². The summed E-state index contributed by atoms with van der Waals surface area (Å²) in [6.07, 6.45) is 4.16. The molecule has 2 aliphatic heterocycles. The molecule has 1 atom stereocenters. The van der Waals surface area contributed by atoms with Gasteiger partial charge in [0.1, 0.15) is 0 Å². The van der Waals surface area contributed by atoms with Gasteiger partial charge in [-0.2, -0.15) is 0 Å². The van der Waals surface area contributed by atoms with E-state index in [4.69, 9.17) is 0 Å². The van der Waals surface area contributed by atoms with Gasteiger partial charge in [0.05, 0.1) is 0 Å². The van der Waals surface area contributed by atoms with Crippen molar-refractivity contribution in [2.24, 2.45) is 17.3 Å². The normalized spacial score (nSPS) is 32.8. The standard InChI is InChI=1S/C14H28N2/c1-12-8-14(2,3)11-16(9-12)10-13-4-6-15-7-5-13/h12-13,15H,4-11H2,1-3H3. The van der Waals surface area contributed by atoms with Crippen LogP contribution in [0.1, 0.15) is 40.0 Å². The third-order valence-corrected chi connectivity index (χ3v) is 4.10. The average Bonchev–Trinajstić information content (AvgIpc) is 2.15. The van der Waals surface area contributed by atoms with E-state index in [1.165, 1.54) is 52.0 Å². The second kappa shape index (κ2) is 5.05. The summed E-state index contributed by atoms with van der Waals surface area (Å²) in [6, 6.07) is 0. The second-order valence-electron chi connectivity index (χ2n) is 6.86. The lowest BCUT2D eigenvalue weighted by atomic mass is 9.79. The molecule has 0 bridgehead atoms. The largest absolute Gasteiger partial charge is 0.317 e. The fourth-order valence-electron chi connectivity index (χ4n) is 3.75. The molecule has 1 N–H and O–H groups in total. The molecule has 2 saturated heterocycles. The molecule has 2 rings (SSSR count). The predicted octanol–water partition coefficient (Wildman–Crippen LogP) is 2.35. The summed E-state index contributed by atoms with van der Waals surface area (Å²) in [5.74, 6) is 1.83. The van der Waals surface area contributed by atoms with Gasteiger partial charge in [0.2, 0.25) is 0 Å². The van der Waals surface area contributed by atoms with Gasteiger partial charge in [-0.1, -0.05) is 20.8 Å². The molecule has 0 aliphatic carbocycles. The zero-order chi connectivity index (χ0) is 11.6. The fourth-order valence-corrected chi connectivity index (χ4v) is 3.75. The number of piperidine rings is 2. The summed E-state index contributed by atoms with van der Waals surface area (Å²) >= 11 is 0. The van der Waals surface area contributed by atoms with Crippen LogP contribution in [0.25, 0.3) is 0 Å². The number of likely N-dealkylation sites (tertiary alicyclic amines) is 1. The summed E-state index contributed by atoms with van der Waals surface area (Å²) in [6.45, 7) is 13.7. The Morgan fingerprint density at radius 3 is 2.56 bits per heavy atom. The van der Waals surface area contributed by atoms with Crippen molar-refractivity contribution in [1.82, 2.24) is 10.2 Å². The molecule has 16 heavy (non-hydrogen) atoms. The van der Waals surface area contributed by atoms with E-state index >= 15 is 0 Å². The smallest absolute Gasteiger partial charge is 0.00330 e. The number of nitrogens with zero attached hydrogens (tertiary/aromatic N) is 1. The van der Waals surface area contributed by atoms with E-state index < -0.39 is 0 Å². The van der Waals surface area contributed by atoms with Gasteiger partial charge in [0, 0.05) is 19.6 Å². The molecule has 1 unspecified atom stereocenters. The van der Waals surface area contributed by atoms with Gasteiger partial charge < -0.3 is 10.2 Å². The molecule has 0 aromatic rings. The van der Waals surface area contributed by atoms with Crippen LogP contribution in [0.15, 0.2) is 0 Å². The Morgan fingerprint density at radius 2 is 1.94 bits per heavy atom. The molecule has 0 aromatic carbocycles. The van der Waals surface area contributed by atoms with Crippen LogP contribution in [-0.2, 0) is 0 Å². The molecule has 2 heterocycles. The minimum atomic E-state index is 0.532. The summed E-state index contributed by atoms with van der Waals surface area (Å²) in [5.41, 5.74) is 0.532. The average molecular weight is 224 g/mol. The summed E-state index contributed by atoms with van der Waals surface area (Å²) in [4.78, 5) is 2.73. The first kappa shape index (κ1) is 12.4. The Morgan fingerprint density at radius 1 is 1.25 bits per heavy atom. The monoisotopic (exact) mass is 224 g/mol. The van der Waals surface area contributed by atoms with Crippen LogP contribution in [0.5, 0.6) is 0 Å². The Balaban J connectivity index is 1.84. The molecule has 94 valence electrons. The van der Waals surface area contributed by atoms with Gasteiger partial charge in [0.25, 0.3) is 0 Å². The molecule has 2 aliphatic rings. The Labute approximate surface area is 101 Å². The van der Waals surface area contributed by atoms with Gasteiger partial charge in [0.15, 0.2) is 0 Å².